The molecule has 3 heterocycles. The van der Waals surface area contributed by atoms with Gasteiger partial charge in [-0.05, 0) is 55.7 Å². The highest BCUT2D eigenvalue weighted by Gasteiger charge is 2.28. The number of amides is 2. The van der Waals surface area contributed by atoms with Crippen molar-refractivity contribution in [3.8, 4) is 11.5 Å². The third-order valence-electron chi connectivity index (χ3n) is 6.39. The molecule has 36 heavy (non-hydrogen) atoms. The van der Waals surface area contributed by atoms with Gasteiger partial charge in [-0.1, -0.05) is 30.3 Å². The number of rotatable bonds is 9. The van der Waals surface area contributed by atoms with Crippen molar-refractivity contribution in [1.82, 2.24) is 9.80 Å². The van der Waals surface area contributed by atoms with Crippen LogP contribution in [0, 0.1) is 6.92 Å². The van der Waals surface area contributed by atoms with Crippen LogP contribution < -0.4 is 9.47 Å². The largest absolute Gasteiger partial charge is 0.464 e. The van der Waals surface area contributed by atoms with Crippen molar-refractivity contribution in [2.75, 3.05) is 26.5 Å². The van der Waals surface area contributed by atoms with Gasteiger partial charge in [-0.3, -0.25) is 9.59 Å². The molecule has 1 atom stereocenters. The van der Waals surface area contributed by atoms with Gasteiger partial charge in [0, 0.05) is 25.3 Å². The van der Waals surface area contributed by atoms with Gasteiger partial charge in [-0.25, -0.2) is 0 Å². The lowest BCUT2D eigenvalue weighted by Gasteiger charge is -2.29. The molecule has 2 aromatic carbocycles. The highest BCUT2D eigenvalue weighted by atomic mass is 16.7. The van der Waals surface area contributed by atoms with Gasteiger partial charge in [-0.15, -0.1) is 0 Å². The topological polar surface area (TPSA) is 81.5 Å². The van der Waals surface area contributed by atoms with Crippen LogP contribution in [0.25, 0.3) is 0 Å². The summed E-state index contributed by atoms with van der Waals surface area (Å²) in [6.07, 6.45) is 1.72. The Morgan fingerprint density at radius 3 is 2.53 bits per heavy atom. The number of hydrogen-bond acceptors (Lipinski definition) is 6. The fourth-order valence-corrected chi connectivity index (χ4v) is 4.52. The van der Waals surface area contributed by atoms with Gasteiger partial charge in [0.1, 0.15) is 18.1 Å². The van der Waals surface area contributed by atoms with Crippen molar-refractivity contribution in [2.45, 2.75) is 39.0 Å². The molecule has 1 aromatic heterocycles. The van der Waals surface area contributed by atoms with Crippen LogP contribution >= 0.6 is 0 Å². The molecule has 5 rings (SSSR count). The maximum absolute atomic E-state index is 13.7. The van der Waals surface area contributed by atoms with Crippen LogP contribution in [0.5, 0.6) is 11.5 Å². The zero-order chi connectivity index (χ0) is 24.9. The fourth-order valence-electron chi connectivity index (χ4n) is 4.52. The van der Waals surface area contributed by atoms with Crippen molar-refractivity contribution >= 4 is 11.8 Å². The van der Waals surface area contributed by atoms with E-state index >= 15 is 0 Å². The molecule has 1 unspecified atom stereocenters. The summed E-state index contributed by atoms with van der Waals surface area (Å²) < 4.78 is 22.4. The smallest absolute Gasteiger partial charge is 0.254 e. The molecule has 0 N–H and O–H groups in total. The monoisotopic (exact) mass is 490 g/mol. The van der Waals surface area contributed by atoms with E-state index < -0.39 is 0 Å². The van der Waals surface area contributed by atoms with E-state index in [0.717, 1.165) is 24.2 Å². The van der Waals surface area contributed by atoms with Gasteiger partial charge in [0.05, 0.1) is 12.6 Å². The minimum atomic E-state index is -0.245. The second-order valence-corrected chi connectivity index (χ2v) is 9.14. The number of nitrogens with zero attached hydrogens (tertiary/aromatic N) is 2. The van der Waals surface area contributed by atoms with Crippen LogP contribution in [-0.2, 0) is 22.6 Å². The lowest BCUT2D eigenvalue weighted by molar-refractivity contribution is -0.133. The van der Waals surface area contributed by atoms with Crippen LogP contribution in [0.4, 0.5) is 0 Å². The Hall–Kier alpha value is -3.78. The summed E-state index contributed by atoms with van der Waals surface area (Å²) in [4.78, 5) is 30.6. The van der Waals surface area contributed by atoms with E-state index in [1.54, 1.807) is 28.0 Å². The maximum Gasteiger partial charge on any atom is 0.254 e. The Bertz CT molecular complexity index is 1200. The number of hydrogen-bond donors (Lipinski definition) is 0. The average Bonchev–Trinajstić information content (AvgIpc) is 3.65. The molecule has 2 aliphatic heterocycles. The molecule has 0 bridgehead atoms. The van der Waals surface area contributed by atoms with Crippen LogP contribution in [0.1, 0.15) is 40.3 Å². The molecule has 2 aliphatic rings. The first-order valence-corrected chi connectivity index (χ1v) is 12.2. The summed E-state index contributed by atoms with van der Waals surface area (Å²) in [6.45, 7) is 3.67. The van der Waals surface area contributed by atoms with E-state index in [-0.39, 0.29) is 31.3 Å². The van der Waals surface area contributed by atoms with E-state index in [4.69, 9.17) is 18.6 Å². The van der Waals surface area contributed by atoms with Crippen molar-refractivity contribution in [3.05, 3.63) is 83.3 Å². The summed E-state index contributed by atoms with van der Waals surface area (Å²) in [6, 6.07) is 18.7. The predicted octanol–water partition coefficient (Wildman–Crippen LogP) is 4.17. The quantitative estimate of drug-likeness (QED) is 0.448. The second-order valence-electron chi connectivity index (χ2n) is 9.14. The molecule has 1 saturated heterocycles. The van der Waals surface area contributed by atoms with Crippen LogP contribution in [0.3, 0.4) is 0 Å². The van der Waals surface area contributed by atoms with Crippen LogP contribution in [0.2, 0.25) is 0 Å². The normalized spacial score (nSPS) is 16.2. The molecule has 0 aliphatic carbocycles. The zero-order valence-corrected chi connectivity index (χ0v) is 20.4. The summed E-state index contributed by atoms with van der Waals surface area (Å²) in [7, 11) is 0. The summed E-state index contributed by atoms with van der Waals surface area (Å²) in [5.41, 5.74) is 1.45. The molecule has 0 saturated carbocycles. The van der Waals surface area contributed by atoms with E-state index in [1.807, 2.05) is 49.4 Å². The highest BCUT2D eigenvalue weighted by molar-refractivity contribution is 5.97. The number of benzene rings is 2. The predicted molar refractivity (Wildman–Crippen MR) is 132 cm³/mol. The Labute approximate surface area is 210 Å². The van der Waals surface area contributed by atoms with Crippen molar-refractivity contribution in [2.24, 2.45) is 0 Å². The molecule has 1 fully saturated rings. The molecule has 188 valence electrons. The molecular formula is C28H30N2O6. The zero-order valence-electron chi connectivity index (χ0n) is 20.4. The van der Waals surface area contributed by atoms with Crippen molar-refractivity contribution in [3.63, 3.8) is 0 Å². The van der Waals surface area contributed by atoms with E-state index in [9.17, 15) is 9.59 Å². The van der Waals surface area contributed by atoms with E-state index in [0.29, 0.717) is 49.1 Å². The summed E-state index contributed by atoms with van der Waals surface area (Å²) in [5, 5.41) is 0. The molecule has 2 amide bonds. The number of furan rings is 1. The Balaban J connectivity index is 1.37. The molecule has 0 spiro atoms. The molecule has 8 heteroatoms. The SMILES string of the molecule is Cc1ccc(CN(Cc2ccccc2)C(=O)CN(CC2CCCO2)C(=O)c2ccc3c(c2)OCO3)o1. The van der Waals surface area contributed by atoms with Gasteiger partial charge >= 0.3 is 0 Å². The standard InChI is InChI=1S/C28H30N2O6/c1-20-9-11-24(36-20)17-29(15-21-6-3-2-4-7-21)27(31)18-30(16-23-8-5-13-33-23)28(32)22-10-12-25-26(14-22)35-19-34-25/h2-4,6-7,9-12,14,23H,5,8,13,15-19H2,1H3. The van der Waals surface area contributed by atoms with Gasteiger partial charge in [-0.2, -0.15) is 0 Å². The van der Waals surface area contributed by atoms with E-state index in [1.165, 1.54) is 0 Å². The van der Waals surface area contributed by atoms with Crippen molar-refractivity contribution < 1.29 is 28.2 Å². The molecule has 8 nitrogen and oxygen atoms in total. The van der Waals surface area contributed by atoms with Gasteiger partial charge < -0.3 is 28.4 Å². The Kier molecular flexibility index (Phi) is 7.23. The first-order valence-electron chi connectivity index (χ1n) is 12.2. The Morgan fingerprint density at radius 1 is 0.944 bits per heavy atom. The minimum Gasteiger partial charge on any atom is -0.464 e. The first-order chi connectivity index (χ1) is 17.5. The maximum atomic E-state index is 13.7. The molecular weight excluding hydrogens is 460 g/mol. The summed E-state index contributed by atoms with van der Waals surface area (Å²) >= 11 is 0. The third kappa shape index (κ3) is 5.71. The Morgan fingerprint density at radius 2 is 1.78 bits per heavy atom. The highest BCUT2D eigenvalue weighted by Crippen LogP contribution is 2.33. The number of carbonyl (C=O) groups excluding carboxylic acids is 2. The number of carbonyl (C=O) groups is 2. The van der Waals surface area contributed by atoms with Crippen molar-refractivity contribution in [1.29, 1.82) is 0 Å². The second kappa shape index (κ2) is 10.9. The minimum absolute atomic E-state index is 0.0698. The lowest BCUT2D eigenvalue weighted by Crippen LogP contribution is -2.45. The number of aryl methyl sites for hydroxylation is 1. The van der Waals surface area contributed by atoms with Gasteiger partial charge in [0.2, 0.25) is 12.7 Å². The van der Waals surface area contributed by atoms with Gasteiger partial charge in [0.15, 0.2) is 11.5 Å². The molecule has 0 radical (unpaired) electrons. The van der Waals surface area contributed by atoms with Gasteiger partial charge in [0.25, 0.3) is 5.91 Å². The van der Waals surface area contributed by atoms with Crippen LogP contribution in [0.15, 0.2) is 65.1 Å². The summed E-state index contributed by atoms with van der Waals surface area (Å²) in [5.74, 6) is 2.21. The molecule has 3 aromatic rings. The lowest BCUT2D eigenvalue weighted by atomic mass is 10.1. The first kappa shape index (κ1) is 23.9. The fraction of sp³-hybridized carbons (Fsp3) is 0.357. The number of fused-ring (bicyclic) bond motifs is 1. The van der Waals surface area contributed by atoms with Crippen LogP contribution in [-0.4, -0.2) is 54.2 Å². The average molecular weight is 491 g/mol. The van der Waals surface area contributed by atoms with E-state index in [2.05, 4.69) is 0 Å². The number of ether oxygens (including phenoxy) is 3. The third-order valence-corrected chi connectivity index (χ3v) is 6.39.